The SMILES string of the molecule is CC(c1cc2ccccc2o1)N(C)CC(=O)N1CCCC1. The lowest BCUT2D eigenvalue weighted by Crippen LogP contribution is -2.38. The number of furan rings is 1. The van der Waals surface area contributed by atoms with Crippen LogP contribution in [0.5, 0.6) is 0 Å². The van der Waals surface area contributed by atoms with Gasteiger partial charge in [-0.05, 0) is 38.9 Å². The van der Waals surface area contributed by atoms with Gasteiger partial charge in [0.2, 0.25) is 5.91 Å². The largest absolute Gasteiger partial charge is 0.459 e. The van der Waals surface area contributed by atoms with Gasteiger partial charge in [0.1, 0.15) is 11.3 Å². The minimum Gasteiger partial charge on any atom is -0.459 e. The van der Waals surface area contributed by atoms with Crippen LogP contribution in [0.15, 0.2) is 34.7 Å². The van der Waals surface area contributed by atoms with Crippen molar-refractivity contribution in [3.63, 3.8) is 0 Å². The van der Waals surface area contributed by atoms with Gasteiger partial charge in [0.25, 0.3) is 0 Å². The van der Waals surface area contributed by atoms with Crippen LogP contribution in [0.25, 0.3) is 11.0 Å². The van der Waals surface area contributed by atoms with E-state index in [1.165, 1.54) is 0 Å². The van der Waals surface area contributed by atoms with Crippen molar-refractivity contribution >= 4 is 16.9 Å². The molecule has 1 aromatic heterocycles. The van der Waals surface area contributed by atoms with Crippen LogP contribution < -0.4 is 0 Å². The fraction of sp³-hybridized carbons (Fsp3) is 0.471. The van der Waals surface area contributed by atoms with Gasteiger partial charge in [0, 0.05) is 18.5 Å². The van der Waals surface area contributed by atoms with Gasteiger partial charge in [0.15, 0.2) is 0 Å². The first-order chi connectivity index (χ1) is 10.1. The van der Waals surface area contributed by atoms with Gasteiger partial charge < -0.3 is 9.32 Å². The molecule has 1 atom stereocenters. The van der Waals surface area contributed by atoms with Crippen LogP contribution in [0.4, 0.5) is 0 Å². The predicted molar refractivity (Wildman–Crippen MR) is 83.1 cm³/mol. The molecule has 0 radical (unpaired) electrons. The highest BCUT2D eigenvalue weighted by molar-refractivity contribution is 5.79. The molecule has 1 aliphatic heterocycles. The lowest BCUT2D eigenvalue weighted by molar-refractivity contribution is -0.131. The summed E-state index contributed by atoms with van der Waals surface area (Å²) in [5.41, 5.74) is 0.901. The number of likely N-dealkylation sites (N-methyl/N-ethyl adjacent to an activating group) is 1. The zero-order valence-electron chi connectivity index (χ0n) is 12.7. The number of hydrogen-bond acceptors (Lipinski definition) is 3. The minimum absolute atomic E-state index is 0.0870. The zero-order valence-corrected chi connectivity index (χ0v) is 12.7. The normalized spacial score (nSPS) is 16.8. The van der Waals surface area contributed by atoms with Crippen molar-refractivity contribution in [2.75, 3.05) is 26.7 Å². The molecule has 1 amide bonds. The number of carbonyl (C=O) groups is 1. The molecule has 2 heterocycles. The molecule has 21 heavy (non-hydrogen) atoms. The number of rotatable bonds is 4. The fourth-order valence-electron chi connectivity index (χ4n) is 2.84. The summed E-state index contributed by atoms with van der Waals surface area (Å²) >= 11 is 0. The second kappa shape index (κ2) is 5.90. The topological polar surface area (TPSA) is 36.7 Å². The maximum Gasteiger partial charge on any atom is 0.236 e. The first-order valence-electron chi connectivity index (χ1n) is 7.61. The van der Waals surface area contributed by atoms with E-state index in [-0.39, 0.29) is 11.9 Å². The van der Waals surface area contributed by atoms with E-state index < -0.39 is 0 Å². The van der Waals surface area contributed by atoms with Gasteiger partial charge >= 0.3 is 0 Å². The summed E-state index contributed by atoms with van der Waals surface area (Å²) in [5, 5.41) is 1.11. The van der Waals surface area contributed by atoms with Gasteiger partial charge in [-0.3, -0.25) is 9.69 Å². The Bertz CT molecular complexity index is 596. The van der Waals surface area contributed by atoms with E-state index in [0.717, 1.165) is 42.7 Å². The molecule has 4 heteroatoms. The zero-order chi connectivity index (χ0) is 14.8. The summed E-state index contributed by atoms with van der Waals surface area (Å²) in [7, 11) is 1.98. The molecule has 1 aliphatic rings. The molecule has 3 rings (SSSR count). The molecule has 1 aromatic carbocycles. The Morgan fingerprint density at radius 3 is 2.76 bits per heavy atom. The van der Waals surface area contributed by atoms with Crippen LogP contribution in [0, 0.1) is 0 Å². The summed E-state index contributed by atoms with van der Waals surface area (Å²) < 4.78 is 5.89. The fourth-order valence-corrected chi connectivity index (χ4v) is 2.84. The Kier molecular flexibility index (Phi) is 3.97. The van der Waals surface area contributed by atoms with Crippen molar-refractivity contribution in [1.29, 1.82) is 0 Å². The Labute approximate surface area is 125 Å². The number of carbonyl (C=O) groups excluding carboxylic acids is 1. The van der Waals surface area contributed by atoms with Crippen molar-refractivity contribution in [3.05, 3.63) is 36.1 Å². The second-order valence-electron chi connectivity index (χ2n) is 5.87. The molecule has 1 fully saturated rings. The average Bonchev–Trinajstić information content (AvgIpc) is 3.15. The van der Waals surface area contributed by atoms with Gasteiger partial charge in [-0.2, -0.15) is 0 Å². The number of hydrogen-bond donors (Lipinski definition) is 0. The molecule has 1 unspecified atom stereocenters. The Balaban J connectivity index is 1.68. The molecule has 1 saturated heterocycles. The molecular weight excluding hydrogens is 264 g/mol. The summed E-state index contributed by atoms with van der Waals surface area (Å²) in [4.78, 5) is 16.2. The molecule has 0 saturated carbocycles. The summed E-state index contributed by atoms with van der Waals surface area (Å²) in [5.74, 6) is 1.13. The van der Waals surface area contributed by atoms with Crippen molar-refractivity contribution in [2.45, 2.75) is 25.8 Å². The number of para-hydroxylation sites is 1. The first kappa shape index (κ1) is 14.1. The van der Waals surface area contributed by atoms with E-state index in [4.69, 9.17) is 4.42 Å². The van der Waals surface area contributed by atoms with Crippen molar-refractivity contribution in [2.24, 2.45) is 0 Å². The van der Waals surface area contributed by atoms with E-state index in [2.05, 4.69) is 17.9 Å². The third-order valence-corrected chi connectivity index (χ3v) is 4.36. The number of fused-ring (bicyclic) bond motifs is 1. The maximum absolute atomic E-state index is 12.2. The highest BCUT2D eigenvalue weighted by atomic mass is 16.3. The van der Waals surface area contributed by atoms with E-state index in [1.807, 2.05) is 36.2 Å². The smallest absolute Gasteiger partial charge is 0.236 e. The van der Waals surface area contributed by atoms with Crippen LogP contribution in [-0.4, -0.2) is 42.4 Å². The summed E-state index contributed by atoms with van der Waals surface area (Å²) in [6, 6.07) is 10.2. The highest BCUT2D eigenvalue weighted by Gasteiger charge is 2.23. The van der Waals surface area contributed by atoms with Gasteiger partial charge in [0.05, 0.1) is 12.6 Å². The Morgan fingerprint density at radius 2 is 2.05 bits per heavy atom. The minimum atomic E-state index is 0.0870. The quantitative estimate of drug-likeness (QED) is 0.867. The van der Waals surface area contributed by atoms with Crippen molar-refractivity contribution in [1.82, 2.24) is 9.80 Å². The van der Waals surface area contributed by atoms with Crippen LogP contribution in [0.1, 0.15) is 31.6 Å². The molecule has 0 bridgehead atoms. The number of nitrogens with zero attached hydrogens (tertiary/aromatic N) is 2. The van der Waals surface area contributed by atoms with Gasteiger partial charge in [-0.15, -0.1) is 0 Å². The highest BCUT2D eigenvalue weighted by Crippen LogP contribution is 2.26. The monoisotopic (exact) mass is 286 g/mol. The second-order valence-corrected chi connectivity index (χ2v) is 5.87. The summed E-state index contributed by atoms with van der Waals surface area (Å²) in [6.07, 6.45) is 2.27. The molecular formula is C17H22N2O2. The predicted octanol–water partition coefficient (Wildman–Crippen LogP) is 3.05. The van der Waals surface area contributed by atoms with Crippen LogP contribution >= 0.6 is 0 Å². The van der Waals surface area contributed by atoms with E-state index in [9.17, 15) is 4.79 Å². The van der Waals surface area contributed by atoms with Gasteiger partial charge in [-0.1, -0.05) is 18.2 Å². The van der Waals surface area contributed by atoms with E-state index in [1.54, 1.807) is 0 Å². The molecule has 0 spiro atoms. The van der Waals surface area contributed by atoms with E-state index in [0.29, 0.717) is 6.54 Å². The first-order valence-corrected chi connectivity index (χ1v) is 7.61. The van der Waals surface area contributed by atoms with E-state index >= 15 is 0 Å². The Morgan fingerprint density at radius 1 is 1.33 bits per heavy atom. The van der Waals surface area contributed by atoms with Crippen LogP contribution in [-0.2, 0) is 4.79 Å². The Hall–Kier alpha value is -1.81. The van der Waals surface area contributed by atoms with Crippen molar-refractivity contribution in [3.8, 4) is 0 Å². The van der Waals surface area contributed by atoms with Crippen molar-refractivity contribution < 1.29 is 9.21 Å². The van der Waals surface area contributed by atoms with Crippen LogP contribution in [0.3, 0.4) is 0 Å². The summed E-state index contributed by atoms with van der Waals surface area (Å²) in [6.45, 7) is 4.34. The van der Waals surface area contributed by atoms with Gasteiger partial charge in [-0.25, -0.2) is 0 Å². The number of likely N-dealkylation sites (tertiary alicyclic amines) is 1. The lowest BCUT2D eigenvalue weighted by Gasteiger charge is -2.25. The third kappa shape index (κ3) is 2.95. The molecule has 0 aliphatic carbocycles. The third-order valence-electron chi connectivity index (χ3n) is 4.36. The molecule has 2 aromatic rings. The van der Waals surface area contributed by atoms with Crippen LogP contribution in [0.2, 0.25) is 0 Å². The standard InChI is InChI=1S/C17H22N2O2/c1-13(16-11-14-7-3-4-8-15(14)21-16)18(2)12-17(20)19-9-5-6-10-19/h3-4,7-8,11,13H,5-6,9-10,12H2,1-2H3. The maximum atomic E-state index is 12.2. The molecule has 4 nitrogen and oxygen atoms in total. The lowest BCUT2D eigenvalue weighted by atomic mass is 10.2. The number of benzene rings is 1. The molecule has 112 valence electrons. The average molecular weight is 286 g/mol. The number of amides is 1. The molecule has 0 N–H and O–H groups in total.